The summed E-state index contributed by atoms with van der Waals surface area (Å²) < 4.78 is 6.25. The average molecular weight is 338 g/mol. The van der Waals surface area contributed by atoms with E-state index in [0.717, 1.165) is 15.0 Å². The fraction of sp³-hybridized carbons (Fsp3) is 0.353. The summed E-state index contributed by atoms with van der Waals surface area (Å²) in [6.45, 7) is 5.11. The van der Waals surface area contributed by atoms with Crippen LogP contribution in [0.15, 0.2) is 30.3 Å². The summed E-state index contributed by atoms with van der Waals surface area (Å²) in [4.78, 5) is 15.0. The van der Waals surface area contributed by atoms with Gasteiger partial charge >= 0.3 is 0 Å². The van der Waals surface area contributed by atoms with E-state index in [1.165, 1.54) is 0 Å². The molecule has 0 aliphatic heterocycles. The summed E-state index contributed by atoms with van der Waals surface area (Å²) in [6.07, 6.45) is 3.39. The summed E-state index contributed by atoms with van der Waals surface area (Å²) in [6, 6.07) is 8.02. The van der Waals surface area contributed by atoms with Gasteiger partial charge in [0.05, 0.1) is 17.7 Å². The lowest BCUT2D eigenvalue weighted by Crippen LogP contribution is -2.39. The molecule has 22 heavy (non-hydrogen) atoms. The molecular weight excluding hydrogens is 318 g/mol. The molecule has 1 aromatic heterocycles. The molecule has 5 heteroatoms. The molecule has 2 aromatic rings. The first-order valence-electron chi connectivity index (χ1n) is 7.23. The molecule has 1 heterocycles. The van der Waals surface area contributed by atoms with E-state index in [9.17, 15) is 4.79 Å². The normalized spacial score (nSPS) is 12.9. The number of halogens is 1. The van der Waals surface area contributed by atoms with Gasteiger partial charge in [-0.2, -0.15) is 0 Å². The van der Waals surface area contributed by atoms with Crippen molar-refractivity contribution in [1.82, 2.24) is 4.90 Å². The summed E-state index contributed by atoms with van der Waals surface area (Å²) in [5.74, 6) is -0.0272. The van der Waals surface area contributed by atoms with E-state index in [1.54, 1.807) is 35.5 Å². The lowest BCUT2D eigenvalue weighted by atomic mass is 10.2. The number of carbonyl (C=O) groups is 1. The third-order valence-corrected chi connectivity index (χ3v) is 5.16. The van der Waals surface area contributed by atoms with E-state index in [1.807, 2.05) is 38.1 Å². The number of fused-ring (bicyclic) bond motifs is 1. The van der Waals surface area contributed by atoms with Gasteiger partial charge in [0.25, 0.3) is 0 Å². The lowest BCUT2D eigenvalue weighted by Gasteiger charge is -2.26. The van der Waals surface area contributed by atoms with Crippen molar-refractivity contribution in [3.8, 4) is 0 Å². The number of rotatable bonds is 6. The van der Waals surface area contributed by atoms with Crippen LogP contribution in [-0.2, 0) is 9.53 Å². The largest absolute Gasteiger partial charge is 0.383 e. The van der Waals surface area contributed by atoms with E-state index in [0.29, 0.717) is 18.2 Å². The van der Waals surface area contributed by atoms with Gasteiger partial charge in [0.1, 0.15) is 0 Å². The van der Waals surface area contributed by atoms with Crippen LogP contribution in [0, 0.1) is 0 Å². The van der Waals surface area contributed by atoms with Crippen molar-refractivity contribution in [1.29, 1.82) is 0 Å². The molecule has 0 bridgehead atoms. The van der Waals surface area contributed by atoms with Crippen molar-refractivity contribution in [3.05, 3.63) is 40.2 Å². The van der Waals surface area contributed by atoms with Gasteiger partial charge < -0.3 is 9.64 Å². The first kappa shape index (κ1) is 17.0. The molecule has 1 aromatic carbocycles. The second-order valence-corrected chi connectivity index (χ2v) is 6.50. The average Bonchev–Trinajstić information content (AvgIpc) is 2.83. The van der Waals surface area contributed by atoms with Gasteiger partial charge in [0, 0.05) is 34.7 Å². The molecule has 0 spiro atoms. The number of ether oxygens (including phenoxy) is 1. The third-order valence-electron chi connectivity index (χ3n) is 3.50. The predicted octanol–water partition coefficient (Wildman–Crippen LogP) is 4.45. The Bertz CT molecular complexity index is 680. The molecule has 0 saturated heterocycles. The summed E-state index contributed by atoms with van der Waals surface area (Å²) in [5, 5.41) is 1.74. The number of nitrogens with zero attached hydrogens (tertiary/aromatic N) is 1. The summed E-state index contributed by atoms with van der Waals surface area (Å²) in [7, 11) is 1.64. The van der Waals surface area contributed by atoms with Gasteiger partial charge in [0.15, 0.2) is 0 Å². The Hall–Kier alpha value is -1.36. The Morgan fingerprint density at radius 2 is 2.18 bits per heavy atom. The molecule has 2 rings (SSSR count). The Morgan fingerprint density at radius 1 is 1.45 bits per heavy atom. The lowest BCUT2D eigenvalue weighted by molar-refractivity contribution is -0.128. The van der Waals surface area contributed by atoms with Crippen LogP contribution in [0.4, 0.5) is 0 Å². The Labute approximate surface area is 140 Å². The van der Waals surface area contributed by atoms with Crippen LogP contribution in [0.25, 0.3) is 16.2 Å². The van der Waals surface area contributed by atoms with Crippen molar-refractivity contribution >= 4 is 45.0 Å². The molecule has 118 valence electrons. The number of thiophene rings is 1. The summed E-state index contributed by atoms with van der Waals surface area (Å²) >= 11 is 7.97. The Morgan fingerprint density at radius 3 is 2.82 bits per heavy atom. The van der Waals surface area contributed by atoms with Gasteiger partial charge in [-0.3, -0.25) is 4.79 Å². The van der Waals surface area contributed by atoms with Crippen molar-refractivity contribution in [2.45, 2.75) is 19.9 Å². The molecule has 1 atom stereocenters. The van der Waals surface area contributed by atoms with Crippen molar-refractivity contribution in [2.24, 2.45) is 0 Å². The SMILES string of the molecule is CCN(C(=O)/C=C/c1sc2ccccc2c1Cl)C(C)COC. The van der Waals surface area contributed by atoms with Crippen molar-refractivity contribution < 1.29 is 9.53 Å². The monoisotopic (exact) mass is 337 g/mol. The fourth-order valence-electron chi connectivity index (χ4n) is 2.40. The van der Waals surface area contributed by atoms with Crippen LogP contribution < -0.4 is 0 Å². The number of carbonyl (C=O) groups excluding carboxylic acids is 1. The van der Waals surface area contributed by atoms with Gasteiger partial charge in [0.2, 0.25) is 5.91 Å². The van der Waals surface area contributed by atoms with Gasteiger partial charge in [-0.05, 0) is 26.0 Å². The maximum absolute atomic E-state index is 12.3. The predicted molar refractivity (Wildman–Crippen MR) is 94.6 cm³/mol. The van der Waals surface area contributed by atoms with Crippen LogP contribution in [0.3, 0.4) is 0 Å². The topological polar surface area (TPSA) is 29.5 Å². The zero-order chi connectivity index (χ0) is 16.1. The van der Waals surface area contributed by atoms with Gasteiger partial charge in [-0.1, -0.05) is 29.8 Å². The van der Waals surface area contributed by atoms with E-state index in [-0.39, 0.29) is 11.9 Å². The van der Waals surface area contributed by atoms with Gasteiger partial charge in [-0.15, -0.1) is 11.3 Å². The van der Waals surface area contributed by atoms with E-state index < -0.39 is 0 Å². The zero-order valence-corrected chi connectivity index (χ0v) is 14.6. The smallest absolute Gasteiger partial charge is 0.246 e. The zero-order valence-electron chi connectivity index (χ0n) is 13.0. The maximum atomic E-state index is 12.3. The molecule has 0 fully saturated rings. The highest BCUT2D eigenvalue weighted by Crippen LogP contribution is 2.35. The molecule has 0 aliphatic carbocycles. The first-order valence-corrected chi connectivity index (χ1v) is 8.42. The van der Waals surface area contributed by atoms with Crippen LogP contribution in [0.2, 0.25) is 5.02 Å². The van der Waals surface area contributed by atoms with Crippen LogP contribution in [0.5, 0.6) is 0 Å². The molecule has 0 N–H and O–H groups in total. The Kier molecular flexibility index (Phi) is 6.00. The second kappa shape index (κ2) is 7.77. The van der Waals surface area contributed by atoms with Crippen LogP contribution >= 0.6 is 22.9 Å². The van der Waals surface area contributed by atoms with Crippen LogP contribution in [0.1, 0.15) is 18.7 Å². The van der Waals surface area contributed by atoms with E-state index >= 15 is 0 Å². The molecule has 0 radical (unpaired) electrons. The molecule has 0 saturated carbocycles. The minimum Gasteiger partial charge on any atom is -0.383 e. The molecule has 3 nitrogen and oxygen atoms in total. The van der Waals surface area contributed by atoms with Crippen molar-refractivity contribution in [2.75, 3.05) is 20.3 Å². The maximum Gasteiger partial charge on any atom is 0.246 e. The minimum absolute atomic E-state index is 0.0272. The molecular formula is C17H20ClNO2S. The Balaban J connectivity index is 2.18. The highest BCUT2D eigenvalue weighted by Gasteiger charge is 2.16. The number of methoxy groups -OCH3 is 1. The van der Waals surface area contributed by atoms with E-state index in [2.05, 4.69) is 0 Å². The number of benzene rings is 1. The van der Waals surface area contributed by atoms with Gasteiger partial charge in [-0.25, -0.2) is 0 Å². The fourth-order valence-corrected chi connectivity index (χ4v) is 3.80. The van der Waals surface area contributed by atoms with Crippen LogP contribution in [-0.4, -0.2) is 37.1 Å². The number of hydrogen-bond acceptors (Lipinski definition) is 3. The molecule has 0 aliphatic rings. The third kappa shape index (κ3) is 3.69. The number of likely N-dealkylation sites (N-methyl/N-ethyl adjacent to an activating group) is 1. The number of amides is 1. The molecule has 1 amide bonds. The first-order chi connectivity index (χ1) is 10.6. The summed E-state index contributed by atoms with van der Waals surface area (Å²) in [5.41, 5.74) is 0. The second-order valence-electron chi connectivity index (χ2n) is 5.04. The van der Waals surface area contributed by atoms with Crippen molar-refractivity contribution in [3.63, 3.8) is 0 Å². The molecule has 1 unspecified atom stereocenters. The highest BCUT2D eigenvalue weighted by atomic mass is 35.5. The number of hydrogen-bond donors (Lipinski definition) is 0. The highest BCUT2D eigenvalue weighted by molar-refractivity contribution is 7.20. The quantitative estimate of drug-likeness (QED) is 0.729. The minimum atomic E-state index is -0.0272. The standard InChI is InChI=1S/C17H20ClNO2S/c1-4-19(12(2)11-21-3)16(20)10-9-15-17(18)13-7-5-6-8-14(13)22-15/h5-10,12H,4,11H2,1-3H3/b10-9+. The van der Waals surface area contributed by atoms with E-state index in [4.69, 9.17) is 16.3 Å².